The molecule has 36 heavy (non-hydrogen) atoms. The van der Waals surface area contributed by atoms with E-state index in [0.717, 1.165) is 43.1 Å². The molecule has 1 aliphatic rings. The van der Waals surface area contributed by atoms with Crippen LogP contribution in [0.3, 0.4) is 0 Å². The number of nitrogens with zero attached hydrogens (tertiary/aromatic N) is 1. The molecule has 1 saturated carbocycles. The number of carbonyl (C=O) groups excluding carboxylic acids is 3. The lowest BCUT2D eigenvalue weighted by molar-refractivity contribution is -0.127. The first kappa shape index (κ1) is 25.1. The van der Waals surface area contributed by atoms with Crippen molar-refractivity contribution in [3.05, 3.63) is 89.9 Å². The summed E-state index contributed by atoms with van der Waals surface area (Å²) in [5.74, 6) is -3.57. The van der Waals surface area contributed by atoms with Gasteiger partial charge in [0.2, 0.25) is 11.8 Å². The molecule has 0 radical (unpaired) electrons. The quantitative estimate of drug-likeness (QED) is 0.481. The van der Waals surface area contributed by atoms with Crippen molar-refractivity contribution in [2.75, 3.05) is 11.4 Å². The van der Waals surface area contributed by atoms with Gasteiger partial charge >= 0.3 is 0 Å². The highest BCUT2D eigenvalue weighted by atomic mass is 19.1. The van der Waals surface area contributed by atoms with E-state index in [1.54, 1.807) is 6.07 Å². The third-order valence-electron chi connectivity index (χ3n) is 6.18. The first-order valence-corrected chi connectivity index (χ1v) is 11.9. The fourth-order valence-electron chi connectivity index (χ4n) is 4.42. The Hall–Kier alpha value is -4.01. The molecule has 3 amide bonds. The maximum absolute atomic E-state index is 15.0. The number of halogens is 2. The van der Waals surface area contributed by atoms with Crippen LogP contribution in [0.2, 0.25) is 0 Å². The van der Waals surface area contributed by atoms with Gasteiger partial charge in [0.1, 0.15) is 17.7 Å². The lowest BCUT2D eigenvalue weighted by Crippen LogP contribution is -2.50. The number of anilines is 1. The van der Waals surface area contributed by atoms with Gasteiger partial charge in [-0.05, 0) is 43.2 Å². The van der Waals surface area contributed by atoms with Crippen molar-refractivity contribution < 1.29 is 27.6 Å². The fourth-order valence-corrected chi connectivity index (χ4v) is 4.42. The highest BCUT2D eigenvalue weighted by Crippen LogP contribution is 2.32. The van der Waals surface area contributed by atoms with Gasteiger partial charge in [-0.1, -0.05) is 49.6 Å². The fraction of sp³-hybridized carbons (Fsp3) is 0.296. The van der Waals surface area contributed by atoms with Gasteiger partial charge in [-0.15, -0.1) is 0 Å². The van der Waals surface area contributed by atoms with Gasteiger partial charge in [-0.2, -0.15) is 0 Å². The summed E-state index contributed by atoms with van der Waals surface area (Å²) in [7, 11) is 0. The maximum Gasteiger partial charge on any atom is 0.287 e. The molecule has 4 rings (SSSR count). The van der Waals surface area contributed by atoms with Crippen LogP contribution in [0.5, 0.6) is 0 Å². The normalized spacial score (nSPS) is 14.6. The summed E-state index contributed by atoms with van der Waals surface area (Å²) >= 11 is 0. The van der Waals surface area contributed by atoms with Crippen LogP contribution in [0.1, 0.15) is 54.3 Å². The van der Waals surface area contributed by atoms with Crippen molar-refractivity contribution in [1.82, 2.24) is 10.6 Å². The summed E-state index contributed by atoms with van der Waals surface area (Å²) in [5.41, 5.74) is -0.290. The third-order valence-corrected chi connectivity index (χ3v) is 6.18. The van der Waals surface area contributed by atoms with Gasteiger partial charge < -0.3 is 15.1 Å². The Morgan fingerprint density at radius 2 is 1.61 bits per heavy atom. The molecule has 1 aliphatic carbocycles. The molecule has 188 valence electrons. The second-order valence-corrected chi connectivity index (χ2v) is 8.64. The van der Waals surface area contributed by atoms with Crippen LogP contribution in [-0.4, -0.2) is 30.3 Å². The number of amides is 3. The number of nitrogens with one attached hydrogen (secondary N) is 2. The predicted octanol–water partition coefficient (Wildman–Crippen LogP) is 4.51. The molecule has 2 aromatic carbocycles. The lowest BCUT2D eigenvalue weighted by atomic mass is 9.94. The van der Waals surface area contributed by atoms with Crippen molar-refractivity contribution in [2.45, 2.75) is 44.2 Å². The largest absolute Gasteiger partial charge is 0.459 e. The molecule has 0 saturated heterocycles. The van der Waals surface area contributed by atoms with Gasteiger partial charge in [0, 0.05) is 11.6 Å². The molecule has 3 aromatic rings. The Kier molecular flexibility index (Phi) is 8.10. The topological polar surface area (TPSA) is 91.7 Å². The molecular weight excluding hydrogens is 468 g/mol. The summed E-state index contributed by atoms with van der Waals surface area (Å²) < 4.78 is 35.1. The van der Waals surface area contributed by atoms with E-state index in [1.807, 2.05) is 0 Å². The van der Waals surface area contributed by atoms with E-state index in [1.165, 1.54) is 54.8 Å². The SMILES string of the molecule is O=C(NCC(=O)N(c1ccccc1F)[C@@H](C(=O)NC1CCCCC1)c1ccccc1F)c1ccco1. The summed E-state index contributed by atoms with van der Waals surface area (Å²) in [4.78, 5) is 40.4. The maximum atomic E-state index is 15.0. The number of para-hydroxylation sites is 1. The molecule has 1 heterocycles. The van der Waals surface area contributed by atoms with Crippen LogP contribution in [0, 0.1) is 11.6 Å². The van der Waals surface area contributed by atoms with E-state index >= 15 is 4.39 Å². The smallest absolute Gasteiger partial charge is 0.287 e. The lowest BCUT2D eigenvalue weighted by Gasteiger charge is -2.33. The number of furan rings is 1. The van der Waals surface area contributed by atoms with Crippen molar-refractivity contribution in [2.24, 2.45) is 0 Å². The van der Waals surface area contributed by atoms with Gasteiger partial charge in [-0.25, -0.2) is 8.78 Å². The van der Waals surface area contributed by atoms with Crippen molar-refractivity contribution in [1.29, 1.82) is 0 Å². The number of hydrogen-bond donors (Lipinski definition) is 2. The summed E-state index contributed by atoms with van der Waals surface area (Å²) in [6, 6.07) is 12.3. The van der Waals surface area contributed by atoms with Gasteiger partial charge in [0.25, 0.3) is 5.91 Å². The molecule has 1 fully saturated rings. The first-order valence-electron chi connectivity index (χ1n) is 11.9. The Labute approximate surface area is 207 Å². The molecular formula is C27H27F2N3O4. The average Bonchev–Trinajstić information content (AvgIpc) is 3.43. The zero-order chi connectivity index (χ0) is 25.5. The molecule has 0 unspecified atom stereocenters. The molecule has 0 bridgehead atoms. The number of rotatable bonds is 8. The van der Waals surface area contributed by atoms with Gasteiger partial charge in [0.05, 0.1) is 18.5 Å². The number of hydrogen-bond acceptors (Lipinski definition) is 4. The second kappa shape index (κ2) is 11.6. The second-order valence-electron chi connectivity index (χ2n) is 8.64. The van der Waals surface area contributed by atoms with Gasteiger partial charge in [0.15, 0.2) is 5.76 Å². The average molecular weight is 496 g/mol. The minimum atomic E-state index is -1.50. The Morgan fingerprint density at radius 3 is 2.28 bits per heavy atom. The van der Waals surface area contributed by atoms with E-state index in [4.69, 9.17) is 4.42 Å². The molecule has 7 nitrogen and oxygen atoms in total. The number of benzene rings is 2. The Bertz CT molecular complexity index is 1210. The van der Waals surface area contributed by atoms with Crippen LogP contribution < -0.4 is 15.5 Å². The molecule has 1 aromatic heterocycles. The Balaban J connectivity index is 1.70. The van der Waals surface area contributed by atoms with Crippen LogP contribution >= 0.6 is 0 Å². The highest BCUT2D eigenvalue weighted by Gasteiger charge is 2.36. The van der Waals surface area contributed by atoms with Crippen molar-refractivity contribution in [3.63, 3.8) is 0 Å². The van der Waals surface area contributed by atoms with Crippen LogP contribution in [0.15, 0.2) is 71.3 Å². The van der Waals surface area contributed by atoms with E-state index in [9.17, 15) is 18.8 Å². The summed E-state index contributed by atoms with van der Waals surface area (Å²) in [6.45, 7) is -0.574. The monoisotopic (exact) mass is 495 g/mol. The highest BCUT2D eigenvalue weighted by molar-refractivity contribution is 6.04. The molecule has 0 spiro atoms. The zero-order valence-electron chi connectivity index (χ0n) is 19.6. The number of carbonyl (C=O) groups is 3. The molecule has 2 N–H and O–H groups in total. The van der Waals surface area contributed by atoms with Crippen molar-refractivity contribution in [3.8, 4) is 0 Å². The van der Waals surface area contributed by atoms with Crippen LogP contribution in [-0.2, 0) is 9.59 Å². The standard InChI is InChI=1S/C27H27F2N3O4/c28-20-12-5-4-11-19(20)25(27(35)31-18-9-2-1-3-10-18)32(22-14-7-6-13-21(22)29)24(33)17-30-26(34)23-15-8-16-36-23/h4-8,11-16,18,25H,1-3,9-10,17H2,(H,30,34)(H,31,35)/t25-/m1/s1. The van der Waals surface area contributed by atoms with E-state index < -0.39 is 41.9 Å². The zero-order valence-corrected chi connectivity index (χ0v) is 19.6. The van der Waals surface area contributed by atoms with Crippen LogP contribution in [0.25, 0.3) is 0 Å². The molecule has 9 heteroatoms. The molecule has 1 atom stereocenters. The Morgan fingerprint density at radius 1 is 0.917 bits per heavy atom. The van der Waals surface area contributed by atoms with E-state index in [-0.39, 0.29) is 23.1 Å². The summed E-state index contributed by atoms with van der Waals surface area (Å²) in [5, 5.41) is 5.36. The predicted molar refractivity (Wildman–Crippen MR) is 129 cm³/mol. The molecule has 0 aliphatic heterocycles. The van der Waals surface area contributed by atoms with E-state index in [2.05, 4.69) is 10.6 Å². The van der Waals surface area contributed by atoms with Gasteiger partial charge in [-0.3, -0.25) is 19.3 Å². The van der Waals surface area contributed by atoms with E-state index in [0.29, 0.717) is 0 Å². The third kappa shape index (κ3) is 5.79. The van der Waals surface area contributed by atoms with Crippen molar-refractivity contribution >= 4 is 23.4 Å². The summed E-state index contributed by atoms with van der Waals surface area (Å²) in [6.07, 6.45) is 5.81. The van der Waals surface area contributed by atoms with Crippen LogP contribution in [0.4, 0.5) is 14.5 Å². The minimum Gasteiger partial charge on any atom is -0.459 e. The minimum absolute atomic E-state index is 0.0130. The first-order chi connectivity index (χ1) is 17.5.